The molecule has 5 nitrogen and oxygen atoms in total. The van der Waals surface area contributed by atoms with Crippen molar-refractivity contribution in [3.8, 4) is 11.1 Å². The number of hydrogen-bond donors (Lipinski definition) is 2. The Bertz CT molecular complexity index is 1010. The number of amides is 2. The molecule has 156 valence electrons. The normalized spacial score (nSPS) is 11.0. The zero-order chi connectivity index (χ0) is 21.6. The number of hydrogen-bond acceptors (Lipinski definition) is 4. The van der Waals surface area contributed by atoms with Crippen LogP contribution in [0.5, 0.6) is 0 Å². The van der Waals surface area contributed by atoms with Crippen LogP contribution < -0.4 is 10.6 Å². The smallest absolute Gasteiger partial charge is 0.407 e. The van der Waals surface area contributed by atoms with Gasteiger partial charge in [0.1, 0.15) is 5.60 Å². The van der Waals surface area contributed by atoms with E-state index in [0.717, 1.165) is 21.6 Å². The molecular formula is C24H26N2O3S. The fourth-order valence-corrected chi connectivity index (χ4v) is 3.66. The predicted octanol–water partition coefficient (Wildman–Crippen LogP) is 5.37. The minimum Gasteiger partial charge on any atom is -0.444 e. The van der Waals surface area contributed by atoms with E-state index in [2.05, 4.69) is 10.6 Å². The average Bonchev–Trinajstić information content (AvgIpc) is 3.23. The molecule has 3 rings (SSSR count). The van der Waals surface area contributed by atoms with Gasteiger partial charge in [-0.25, -0.2) is 4.79 Å². The first-order valence-electron chi connectivity index (χ1n) is 9.78. The van der Waals surface area contributed by atoms with Gasteiger partial charge in [-0.1, -0.05) is 48.5 Å². The molecule has 2 N–H and O–H groups in total. The van der Waals surface area contributed by atoms with Crippen molar-refractivity contribution in [3.05, 3.63) is 82.0 Å². The van der Waals surface area contributed by atoms with E-state index in [1.807, 2.05) is 86.8 Å². The van der Waals surface area contributed by atoms with Crippen LogP contribution in [-0.4, -0.2) is 17.6 Å². The molecule has 0 aliphatic carbocycles. The standard InChI is InChI=1S/C24H26N2O3S/c1-24(2,3)29-23(28)26-15-17-9-4-5-11-19(17)20-12-6-7-13-21(20)22(27)25-16-18-10-8-14-30-18/h4-14H,15-16H2,1-3H3,(H,25,27)(H,26,28). The first-order chi connectivity index (χ1) is 14.3. The first kappa shape index (κ1) is 21.6. The summed E-state index contributed by atoms with van der Waals surface area (Å²) < 4.78 is 5.32. The Morgan fingerprint density at radius 2 is 1.57 bits per heavy atom. The highest BCUT2D eigenvalue weighted by Crippen LogP contribution is 2.27. The van der Waals surface area contributed by atoms with Crippen LogP contribution in [0.4, 0.5) is 4.79 Å². The van der Waals surface area contributed by atoms with Crippen molar-refractivity contribution < 1.29 is 14.3 Å². The van der Waals surface area contributed by atoms with E-state index in [1.165, 1.54) is 0 Å². The van der Waals surface area contributed by atoms with Crippen molar-refractivity contribution in [3.63, 3.8) is 0 Å². The van der Waals surface area contributed by atoms with Crippen molar-refractivity contribution in [2.24, 2.45) is 0 Å². The second-order valence-electron chi connectivity index (χ2n) is 7.82. The first-order valence-corrected chi connectivity index (χ1v) is 10.7. The number of carbonyl (C=O) groups is 2. The summed E-state index contributed by atoms with van der Waals surface area (Å²) in [5, 5.41) is 7.78. The van der Waals surface area contributed by atoms with Crippen LogP contribution in [0.1, 0.15) is 41.6 Å². The summed E-state index contributed by atoms with van der Waals surface area (Å²) >= 11 is 1.61. The molecule has 6 heteroatoms. The summed E-state index contributed by atoms with van der Waals surface area (Å²) in [5.74, 6) is -0.131. The third kappa shape index (κ3) is 5.94. The lowest BCUT2D eigenvalue weighted by atomic mass is 9.95. The van der Waals surface area contributed by atoms with Crippen LogP contribution in [-0.2, 0) is 17.8 Å². The van der Waals surface area contributed by atoms with Gasteiger partial charge in [0, 0.05) is 17.0 Å². The molecule has 0 unspecified atom stereocenters. The van der Waals surface area contributed by atoms with Gasteiger partial charge in [-0.05, 0) is 55.0 Å². The van der Waals surface area contributed by atoms with Gasteiger partial charge in [-0.2, -0.15) is 0 Å². The van der Waals surface area contributed by atoms with E-state index in [9.17, 15) is 9.59 Å². The summed E-state index contributed by atoms with van der Waals surface area (Å²) in [5.41, 5.74) is 2.66. The number of benzene rings is 2. The maximum atomic E-state index is 12.9. The molecule has 0 spiro atoms. The number of alkyl carbamates (subject to hydrolysis) is 1. The number of ether oxygens (including phenoxy) is 1. The van der Waals surface area contributed by atoms with Gasteiger partial charge in [0.15, 0.2) is 0 Å². The Labute approximate surface area is 181 Å². The van der Waals surface area contributed by atoms with E-state index in [1.54, 1.807) is 11.3 Å². The molecule has 2 amide bonds. The third-order valence-electron chi connectivity index (χ3n) is 4.30. The zero-order valence-electron chi connectivity index (χ0n) is 17.4. The maximum absolute atomic E-state index is 12.9. The van der Waals surface area contributed by atoms with Crippen molar-refractivity contribution in [2.75, 3.05) is 0 Å². The molecule has 0 atom stereocenters. The molecule has 0 saturated carbocycles. The Kier molecular flexibility index (Phi) is 6.90. The Morgan fingerprint density at radius 3 is 2.27 bits per heavy atom. The summed E-state index contributed by atoms with van der Waals surface area (Å²) in [6, 6.07) is 19.2. The summed E-state index contributed by atoms with van der Waals surface area (Å²) in [6.45, 7) is 6.27. The molecule has 2 aromatic carbocycles. The summed E-state index contributed by atoms with van der Waals surface area (Å²) in [7, 11) is 0. The molecule has 0 aliphatic heterocycles. The van der Waals surface area contributed by atoms with Gasteiger partial charge in [0.2, 0.25) is 0 Å². The van der Waals surface area contributed by atoms with E-state index in [-0.39, 0.29) is 5.91 Å². The Morgan fingerprint density at radius 1 is 0.867 bits per heavy atom. The Balaban J connectivity index is 1.79. The molecule has 0 fully saturated rings. The molecule has 1 aromatic heterocycles. The monoisotopic (exact) mass is 422 g/mol. The van der Waals surface area contributed by atoms with Crippen molar-refractivity contribution >= 4 is 23.3 Å². The van der Waals surface area contributed by atoms with Crippen molar-refractivity contribution in [1.29, 1.82) is 0 Å². The predicted molar refractivity (Wildman–Crippen MR) is 120 cm³/mol. The minimum atomic E-state index is -0.559. The molecular weight excluding hydrogens is 396 g/mol. The lowest BCUT2D eigenvalue weighted by Crippen LogP contribution is -2.32. The highest BCUT2D eigenvalue weighted by atomic mass is 32.1. The number of thiophene rings is 1. The number of nitrogens with one attached hydrogen (secondary N) is 2. The van der Waals surface area contributed by atoms with E-state index in [0.29, 0.717) is 18.7 Å². The van der Waals surface area contributed by atoms with Crippen molar-refractivity contribution in [1.82, 2.24) is 10.6 Å². The molecule has 0 aliphatic rings. The van der Waals surface area contributed by atoms with Crippen LogP contribution in [0.15, 0.2) is 66.0 Å². The van der Waals surface area contributed by atoms with E-state index < -0.39 is 11.7 Å². The van der Waals surface area contributed by atoms with Gasteiger partial charge in [-0.15, -0.1) is 11.3 Å². The van der Waals surface area contributed by atoms with Crippen LogP contribution >= 0.6 is 11.3 Å². The van der Waals surface area contributed by atoms with Crippen LogP contribution in [0.2, 0.25) is 0 Å². The second kappa shape index (κ2) is 9.59. The van der Waals surface area contributed by atoms with E-state index in [4.69, 9.17) is 4.74 Å². The fraction of sp³-hybridized carbons (Fsp3) is 0.250. The number of rotatable bonds is 6. The van der Waals surface area contributed by atoms with Gasteiger partial charge in [0.05, 0.1) is 6.54 Å². The molecule has 30 heavy (non-hydrogen) atoms. The van der Waals surface area contributed by atoms with E-state index >= 15 is 0 Å². The lowest BCUT2D eigenvalue weighted by molar-refractivity contribution is 0.0523. The lowest BCUT2D eigenvalue weighted by Gasteiger charge is -2.20. The van der Waals surface area contributed by atoms with Crippen molar-refractivity contribution in [2.45, 2.75) is 39.5 Å². The molecule has 1 heterocycles. The van der Waals surface area contributed by atoms with Crippen LogP contribution in [0.3, 0.4) is 0 Å². The Hall–Kier alpha value is -3.12. The van der Waals surface area contributed by atoms with Gasteiger partial charge >= 0.3 is 6.09 Å². The highest BCUT2D eigenvalue weighted by molar-refractivity contribution is 7.09. The van der Waals surface area contributed by atoms with Gasteiger partial charge < -0.3 is 15.4 Å². The molecule has 0 saturated heterocycles. The average molecular weight is 423 g/mol. The summed E-state index contributed by atoms with van der Waals surface area (Å²) in [6.07, 6.45) is -0.473. The van der Waals surface area contributed by atoms with Gasteiger partial charge in [-0.3, -0.25) is 4.79 Å². The van der Waals surface area contributed by atoms with Gasteiger partial charge in [0.25, 0.3) is 5.91 Å². The second-order valence-corrected chi connectivity index (χ2v) is 8.85. The fourth-order valence-electron chi connectivity index (χ4n) is 3.01. The third-order valence-corrected chi connectivity index (χ3v) is 5.18. The SMILES string of the molecule is CC(C)(C)OC(=O)NCc1ccccc1-c1ccccc1C(=O)NCc1cccs1. The number of carbonyl (C=O) groups excluding carboxylic acids is 2. The highest BCUT2D eigenvalue weighted by Gasteiger charge is 2.18. The largest absolute Gasteiger partial charge is 0.444 e. The minimum absolute atomic E-state index is 0.131. The molecule has 0 bridgehead atoms. The van der Waals surface area contributed by atoms with Crippen LogP contribution in [0, 0.1) is 0 Å². The van der Waals surface area contributed by atoms with Crippen LogP contribution in [0.25, 0.3) is 11.1 Å². The molecule has 3 aromatic rings. The topological polar surface area (TPSA) is 67.4 Å². The zero-order valence-corrected chi connectivity index (χ0v) is 18.2. The maximum Gasteiger partial charge on any atom is 0.407 e. The summed E-state index contributed by atoms with van der Waals surface area (Å²) in [4.78, 5) is 26.0. The molecule has 0 radical (unpaired) electrons. The quantitative estimate of drug-likeness (QED) is 0.561.